The zero-order valence-electron chi connectivity index (χ0n) is 19.8. The molecule has 2 aromatic carbocycles. The summed E-state index contributed by atoms with van der Waals surface area (Å²) < 4.78 is 25.8. The molecule has 0 unspecified atom stereocenters. The summed E-state index contributed by atoms with van der Waals surface area (Å²) in [5.74, 6) is -0.205. The van der Waals surface area contributed by atoms with Gasteiger partial charge in [0.1, 0.15) is 17.1 Å². The smallest absolute Gasteiger partial charge is 0.280 e. The Balaban J connectivity index is 1.18. The van der Waals surface area contributed by atoms with Gasteiger partial charge in [-0.15, -0.1) is 0 Å². The summed E-state index contributed by atoms with van der Waals surface area (Å²) in [4.78, 5) is 35.1. The molecule has 2 aromatic heterocycles. The van der Waals surface area contributed by atoms with Crippen LogP contribution in [-0.4, -0.2) is 44.9 Å². The number of aromatic nitrogens is 2. The molecule has 37 heavy (non-hydrogen) atoms. The molecule has 0 atom stereocenters. The van der Waals surface area contributed by atoms with E-state index in [1.807, 2.05) is 24.3 Å². The molecule has 0 aliphatic carbocycles. The van der Waals surface area contributed by atoms with E-state index in [9.17, 15) is 23.5 Å². The summed E-state index contributed by atoms with van der Waals surface area (Å²) in [7, 11) is 0. The van der Waals surface area contributed by atoms with Crippen LogP contribution in [0.25, 0.3) is 10.9 Å². The second-order valence-corrected chi connectivity index (χ2v) is 8.99. The monoisotopic (exact) mass is 502 g/mol. The SMILES string of the molecule is O=C(Nc1ccc(C2CCN(C(=O)c3ccnc(C(F)F)c3)CC2)cc1)c1ccc2cc(O)ccc2n1. The highest BCUT2D eigenvalue weighted by Gasteiger charge is 2.25. The number of aromatic hydroxyl groups is 1. The van der Waals surface area contributed by atoms with Crippen molar-refractivity contribution in [2.45, 2.75) is 25.2 Å². The summed E-state index contributed by atoms with van der Waals surface area (Å²) in [6.45, 7) is 1.06. The normalized spacial score (nSPS) is 14.2. The highest BCUT2D eigenvalue weighted by molar-refractivity contribution is 6.04. The first-order valence-corrected chi connectivity index (χ1v) is 11.9. The van der Waals surface area contributed by atoms with Crippen LogP contribution in [0.3, 0.4) is 0 Å². The van der Waals surface area contributed by atoms with E-state index in [4.69, 9.17) is 0 Å². The van der Waals surface area contributed by atoms with Gasteiger partial charge in [-0.3, -0.25) is 14.6 Å². The van der Waals surface area contributed by atoms with Crippen LogP contribution in [-0.2, 0) is 0 Å². The van der Waals surface area contributed by atoms with Crippen LogP contribution in [0.15, 0.2) is 72.9 Å². The van der Waals surface area contributed by atoms with E-state index in [0.29, 0.717) is 24.3 Å². The average Bonchev–Trinajstić information content (AvgIpc) is 2.93. The Morgan fingerprint density at radius 3 is 2.46 bits per heavy atom. The summed E-state index contributed by atoms with van der Waals surface area (Å²) in [5, 5.41) is 13.2. The van der Waals surface area contributed by atoms with Crippen molar-refractivity contribution in [2.24, 2.45) is 0 Å². The number of benzene rings is 2. The first-order chi connectivity index (χ1) is 17.9. The summed E-state index contributed by atoms with van der Waals surface area (Å²) >= 11 is 0. The van der Waals surface area contributed by atoms with Crippen molar-refractivity contribution >= 4 is 28.4 Å². The molecule has 1 aliphatic heterocycles. The molecule has 3 heterocycles. The van der Waals surface area contributed by atoms with Crippen molar-refractivity contribution in [2.75, 3.05) is 18.4 Å². The number of phenols is 1. The van der Waals surface area contributed by atoms with Crippen LogP contribution >= 0.6 is 0 Å². The zero-order chi connectivity index (χ0) is 25.9. The van der Waals surface area contributed by atoms with Gasteiger partial charge in [-0.25, -0.2) is 13.8 Å². The number of carbonyl (C=O) groups is 2. The van der Waals surface area contributed by atoms with Crippen LogP contribution in [0, 0.1) is 0 Å². The molecule has 1 saturated heterocycles. The van der Waals surface area contributed by atoms with Crippen molar-refractivity contribution in [3.8, 4) is 5.75 Å². The van der Waals surface area contributed by atoms with Gasteiger partial charge in [0.2, 0.25) is 0 Å². The molecule has 0 radical (unpaired) electrons. The minimum atomic E-state index is -2.72. The van der Waals surface area contributed by atoms with Gasteiger partial charge in [0, 0.05) is 35.9 Å². The molecular weight excluding hydrogens is 478 g/mol. The Labute approximate surface area is 211 Å². The predicted molar refractivity (Wildman–Crippen MR) is 135 cm³/mol. The maximum Gasteiger partial charge on any atom is 0.280 e. The number of nitrogens with zero attached hydrogens (tertiary/aromatic N) is 3. The molecule has 5 rings (SSSR count). The third kappa shape index (κ3) is 5.40. The third-order valence-corrected chi connectivity index (χ3v) is 6.58. The van der Waals surface area contributed by atoms with Gasteiger partial charge >= 0.3 is 0 Å². The van der Waals surface area contributed by atoms with Crippen molar-refractivity contribution < 1.29 is 23.5 Å². The number of fused-ring (bicyclic) bond motifs is 1. The van der Waals surface area contributed by atoms with Gasteiger partial charge in [-0.1, -0.05) is 18.2 Å². The molecule has 7 nitrogen and oxygen atoms in total. The second-order valence-electron chi connectivity index (χ2n) is 8.99. The topological polar surface area (TPSA) is 95.4 Å². The summed E-state index contributed by atoms with van der Waals surface area (Å²) in [6, 6.07) is 18.4. The lowest BCUT2D eigenvalue weighted by Crippen LogP contribution is -2.38. The first-order valence-electron chi connectivity index (χ1n) is 11.9. The molecule has 2 amide bonds. The fourth-order valence-electron chi connectivity index (χ4n) is 4.57. The largest absolute Gasteiger partial charge is 0.508 e. The second kappa shape index (κ2) is 10.3. The summed E-state index contributed by atoms with van der Waals surface area (Å²) in [6.07, 6.45) is 0.0241. The average molecular weight is 503 g/mol. The Morgan fingerprint density at radius 2 is 1.73 bits per heavy atom. The van der Waals surface area contributed by atoms with E-state index in [-0.39, 0.29) is 34.7 Å². The maximum atomic E-state index is 12.9. The number of halogens is 2. The Kier molecular flexibility index (Phi) is 6.76. The van der Waals surface area contributed by atoms with Crippen LogP contribution in [0.1, 0.15) is 57.3 Å². The van der Waals surface area contributed by atoms with Gasteiger partial charge in [0.25, 0.3) is 18.2 Å². The van der Waals surface area contributed by atoms with Crippen molar-refractivity contribution in [3.05, 3.63) is 95.4 Å². The maximum absolute atomic E-state index is 12.9. The van der Waals surface area contributed by atoms with Crippen LogP contribution < -0.4 is 5.32 Å². The van der Waals surface area contributed by atoms with Crippen LogP contribution in [0.4, 0.5) is 14.5 Å². The van der Waals surface area contributed by atoms with E-state index in [0.717, 1.165) is 29.9 Å². The molecule has 0 bridgehead atoms. The number of carbonyl (C=O) groups excluding carboxylic acids is 2. The fraction of sp³-hybridized carbons (Fsp3) is 0.214. The van der Waals surface area contributed by atoms with Gasteiger partial charge in [-0.2, -0.15) is 0 Å². The van der Waals surface area contributed by atoms with E-state index < -0.39 is 12.1 Å². The molecule has 4 aromatic rings. The highest BCUT2D eigenvalue weighted by Crippen LogP contribution is 2.30. The molecule has 1 fully saturated rings. The number of amides is 2. The van der Waals surface area contributed by atoms with E-state index in [2.05, 4.69) is 15.3 Å². The van der Waals surface area contributed by atoms with Gasteiger partial charge in [-0.05, 0) is 72.9 Å². The van der Waals surface area contributed by atoms with Crippen molar-refractivity contribution in [1.82, 2.24) is 14.9 Å². The molecule has 0 saturated carbocycles. The van der Waals surface area contributed by atoms with Gasteiger partial charge in [0.05, 0.1) is 5.52 Å². The third-order valence-electron chi connectivity index (χ3n) is 6.58. The number of pyridine rings is 2. The highest BCUT2D eigenvalue weighted by atomic mass is 19.3. The minimum Gasteiger partial charge on any atom is -0.508 e. The number of nitrogens with one attached hydrogen (secondary N) is 1. The first kappa shape index (κ1) is 24.3. The van der Waals surface area contributed by atoms with Gasteiger partial charge < -0.3 is 15.3 Å². The molecule has 1 aliphatic rings. The number of rotatable bonds is 5. The molecule has 188 valence electrons. The fourth-order valence-corrected chi connectivity index (χ4v) is 4.57. The van der Waals surface area contributed by atoms with E-state index >= 15 is 0 Å². The minimum absolute atomic E-state index is 0.140. The lowest BCUT2D eigenvalue weighted by Gasteiger charge is -2.32. The Morgan fingerprint density at radius 1 is 0.973 bits per heavy atom. The number of hydrogen-bond acceptors (Lipinski definition) is 5. The quantitative estimate of drug-likeness (QED) is 0.373. The lowest BCUT2D eigenvalue weighted by molar-refractivity contribution is 0.0712. The van der Waals surface area contributed by atoms with E-state index in [1.54, 1.807) is 29.2 Å². The van der Waals surface area contributed by atoms with Crippen molar-refractivity contribution in [1.29, 1.82) is 0 Å². The van der Waals surface area contributed by atoms with Crippen LogP contribution in [0.5, 0.6) is 5.75 Å². The summed E-state index contributed by atoms with van der Waals surface area (Å²) in [5.41, 5.74) is 2.46. The number of phenolic OH excluding ortho intramolecular Hbond substituents is 1. The lowest BCUT2D eigenvalue weighted by atomic mass is 9.89. The van der Waals surface area contributed by atoms with Crippen molar-refractivity contribution in [3.63, 3.8) is 0 Å². The number of piperidine rings is 1. The number of hydrogen-bond donors (Lipinski definition) is 2. The van der Waals surface area contributed by atoms with E-state index in [1.165, 1.54) is 18.3 Å². The standard InChI is InChI=1S/C28H24F2N4O3/c29-26(30)25-16-20(9-12-31-25)28(37)34-13-10-18(11-14-34)17-1-4-21(5-2-17)32-27(36)24-7-3-19-15-22(35)6-8-23(19)33-24/h1-9,12,15-16,18,26,35H,10-11,13-14H2,(H,32,36). The number of anilines is 1. The Bertz CT molecular complexity index is 1450. The van der Waals surface area contributed by atoms with Crippen LogP contribution in [0.2, 0.25) is 0 Å². The predicted octanol–water partition coefficient (Wildman–Crippen LogP) is 5.55. The Hall–Kier alpha value is -4.40. The zero-order valence-corrected chi connectivity index (χ0v) is 19.8. The molecule has 2 N–H and O–H groups in total. The molecular formula is C28H24F2N4O3. The molecule has 9 heteroatoms. The number of alkyl halides is 2. The number of likely N-dealkylation sites (tertiary alicyclic amines) is 1. The van der Waals surface area contributed by atoms with Gasteiger partial charge in [0.15, 0.2) is 0 Å². The molecule has 0 spiro atoms.